The molecule has 150 valence electrons. The van der Waals surface area contributed by atoms with E-state index in [2.05, 4.69) is 5.32 Å². The molecular weight excluding hydrogens is 436 g/mol. The maximum atomic E-state index is 12.5. The highest BCUT2D eigenvalue weighted by Gasteiger charge is 2.17. The van der Waals surface area contributed by atoms with Crippen LogP contribution in [0.1, 0.15) is 9.75 Å². The van der Waals surface area contributed by atoms with Crippen molar-refractivity contribution in [3.63, 3.8) is 0 Å². The van der Waals surface area contributed by atoms with Crippen LogP contribution in [0, 0.1) is 0 Å². The number of benzene rings is 1. The van der Waals surface area contributed by atoms with Gasteiger partial charge in [0.2, 0.25) is 0 Å². The van der Waals surface area contributed by atoms with Gasteiger partial charge < -0.3 is 10.1 Å². The summed E-state index contributed by atoms with van der Waals surface area (Å²) in [5.41, 5.74) is 0.806. The number of hydrogen-bond acceptors (Lipinski definition) is 6. The van der Waals surface area contributed by atoms with Crippen LogP contribution in [0.25, 0.3) is 11.6 Å². The third kappa shape index (κ3) is 6.52. The van der Waals surface area contributed by atoms with Crippen LogP contribution in [0.3, 0.4) is 0 Å². The maximum Gasteiger partial charge on any atom is 0.340 e. The number of carbonyl (C=O) groups excluding carboxylic acids is 2. The van der Waals surface area contributed by atoms with Crippen molar-refractivity contribution in [2.75, 3.05) is 11.9 Å². The number of ether oxygens (including phenoxy) is 1. The predicted octanol–water partition coefficient (Wildman–Crippen LogP) is 5.85. The lowest BCUT2D eigenvalue weighted by molar-refractivity contribution is -0.141. The van der Waals surface area contributed by atoms with Crippen molar-refractivity contribution < 1.29 is 23.1 Å². The Morgan fingerprint density at radius 3 is 2.41 bits per heavy atom. The molecule has 2 aromatic heterocycles. The minimum absolute atomic E-state index is 0.378. The van der Waals surface area contributed by atoms with E-state index in [1.54, 1.807) is 6.08 Å². The van der Waals surface area contributed by atoms with Crippen molar-refractivity contribution in [2.24, 2.45) is 0 Å². The Hall–Kier alpha value is -2.49. The zero-order valence-electron chi connectivity index (χ0n) is 14.8. The summed E-state index contributed by atoms with van der Waals surface area (Å²) in [5, 5.41) is 6.33. The molecule has 0 spiro atoms. The fourth-order valence-corrected chi connectivity index (χ4v) is 4.19. The lowest BCUT2D eigenvalue weighted by atomic mass is 10.2. The number of hydrogen-bond donors (Lipinski definition) is 1. The summed E-state index contributed by atoms with van der Waals surface area (Å²) in [6.45, 7) is -0.459. The first-order chi connectivity index (χ1) is 14.0. The van der Waals surface area contributed by atoms with Gasteiger partial charge in [0.15, 0.2) is 6.61 Å². The normalized spacial score (nSPS) is 11.5. The first kappa shape index (κ1) is 21.2. The molecule has 1 amide bonds. The van der Waals surface area contributed by atoms with Crippen molar-refractivity contribution >= 4 is 63.6 Å². The SMILES string of the molecule is O=C(COC(=O)C(=Cc1cccs1)c1cccs1)Nc1ccc(SC(F)F)cc1. The maximum absolute atomic E-state index is 12.5. The van der Waals surface area contributed by atoms with Gasteiger partial charge in [-0.25, -0.2) is 4.79 Å². The highest BCUT2D eigenvalue weighted by Crippen LogP contribution is 2.27. The van der Waals surface area contributed by atoms with Crippen molar-refractivity contribution in [3.05, 3.63) is 69.0 Å². The molecule has 0 aliphatic carbocycles. The monoisotopic (exact) mass is 451 g/mol. The van der Waals surface area contributed by atoms with Crippen LogP contribution in [0.5, 0.6) is 0 Å². The fourth-order valence-electron chi connectivity index (χ4n) is 2.30. The molecular formula is C20H15F2NO3S3. The lowest BCUT2D eigenvalue weighted by Gasteiger charge is -2.09. The van der Waals surface area contributed by atoms with Gasteiger partial charge in [0, 0.05) is 20.3 Å². The van der Waals surface area contributed by atoms with E-state index in [1.165, 1.54) is 46.9 Å². The summed E-state index contributed by atoms with van der Waals surface area (Å²) in [5.74, 6) is -3.62. The van der Waals surface area contributed by atoms with Crippen molar-refractivity contribution in [2.45, 2.75) is 10.7 Å². The van der Waals surface area contributed by atoms with E-state index >= 15 is 0 Å². The number of thioether (sulfide) groups is 1. The quantitative estimate of drug-likeness (QED) is 0.265. The molecule has 2 heterocycles. The lowest BCUT2D eigenvalue weighted by Crippen LogP contribution is -2.21. The predicted molar refractivity (Wildman–Crippen MR) is 114 cm³/mol. The summed E-state index contributed by atoms with van der Waals surface area (Å²) in [6.07, 6.45) is 1.73. The van der Waals surface area contributed by atoms with Crippen molar-refractivity contribution in [1.29, 1.82) is 0 Å². The summed E-state index contributed by atoms with van der Waals surface area (Å²) in [6, 6.07) is 13.4. The number of thiophene rings is 2. The first-order valence-electron chi connectivity index (χ1n) is 8.32. The molecule has 0 radical (unpaired) electrons. The van der Waals surface area contributed by atoms with Gasteiger partial charge in [-0.15, -0.1) is 22.7 Å². The molecule has 0 atom stereocenters. The van der Waals surface area contributed by atoms with Crippen LogP contribution in [0.4, 0.5) is 14.5 Å². The van der Waals surface area contributed by atoms with Gasteiger partial charge in [-0.1, -0.05) is 23.9 Å². The summed E-state index contributed by atoms with van der Waals surface area (Å²) >= 11 is 3.32. The van der Waals surface area contributed by atoms with Crippen LogP contribution in [-0.4, -0.2) is 24.2 Å². The molecule has 0 unspecified atom stereocenters. The first-order valence-corrected chi connectivity index (χ1v) is 11.0. The van der Waals surface area contributed by atoms with Crippen LogP contribution < -0.4 is 5.32 Å². The smallest absolute Gasteiger partial charge is 0.340 e. The highest BCUT2D eigenvalue weighted by molar-refractivity contribution is 7.99. The molecule has 0 saturated heterocycles. The van der Waals surface area contributed by atoms with Crippen LogP contribution in [0.15, 0.2) is 64.2 Å². The second kappa shape index (κ2) is 10.3. The number of esters is 1. The van der Waals surface area contributed by atoms with Gasteiger partial charge in [-0.3, -0.25) is 4.79 Å². The summed E-state index contributed by atoms with van der Waals surface area (Å²) < 4.78 is 29.8. The van der Waals surface area contributed by atoms with Gasteiger partial charge in [0.05, 0.1) is 5.57 Å². The average molecular weight is 452 g/mol. The summed E-state index contributed by atoms with van der Waals surface area (Å²) in [7, 11) is 0. The number of alkyl halides is 2. The summed E-state index contributed by atoms with van der Waals surface area (Å²) in [4.78, 5) is 26.7. The van der Waals surface area contributed by atoms with Crippen LogP contribution in [-0.2, 0) is 14.3 Å². The zero-order valence-corrected chi connectivity index (χ0v) is 17.3. The van der Waals surface area contributed by atoms with E-state index in [-0.39, 0.29) is 0 Å². The number of halogens is 2. The topological polar surface area (TPSA) is 55.4 Å². The van der Waals surface area contributed by atoms with E-state index in [9.17, 15) is 18.4 Å². The molecule has 9 heteroatoms. The minimum Gasteiger partial charge on any atom is -0.452 e. The van der Waals surface area contributed by atoms with Gasteiger partial charge >= 0.3 is 5.97 Å². The van der Waals surface area contributed by atoms with Crippen LogP contribution in [0.2, 0.25) is 0 Å². The standard InChI is InChI=1S/C20H15F2NO3S3/c21-20(22)29-14-7-5-13(6-8-14)23-18(24)12-26-19(25)16(17-4-2-10-28-17)11-15-3-1-9-27-15/h1-11,20H,12H2,(H,23,24). The minimum atomic E-state index is -2.50. The van der Waals surface area contributed by atoms with E-state index in [4.69, 9.17) is 4.74 Å². The number of amides is 1. The Morgan fingerprint density at radius 1 is 1.07 bits per heavy atom. The molecule has 29 heavy (non-hydrogen) atoms. The van der Waals surface area contributed by atoms with Gasteiger partial charge in [-0.2, -0.15) is 8.78 Å². The Bertz CT molecular complexity index is 969. The molecule has 0 aliphatic rings. The molecule has 1 N–H and O–H groups in total. The Balaban J connectivity index is 1.59. The molecule has 0 bridgehead atoms. The third-order valence-corrected chi connectivity index (χ3v) is 5.98. The van der Waals surface area contributed by atoms with E-state index < -0.39 is 24.2 Å². The molecule has 0 fully saturated rings. The van der Waals surface area contributed by atoms with E-state index in [0.29, 0.717) is 27.9 Å². The molecule has 3 aromatic rings. The van der Waals surface area contributed by atoms with Crippen molar-refractivity contribution in [3.8, 4) is 0 Å². The van der Waals surface area contributed by atoms with Gasteiger partial charge in [0.1, 0.15) is 0 Å². The van der Waals surface area contributed by atoms with E-state index in [1.807, 2.05) is 35.0 Å². The molecule has 3 rings (SSSR count). The molecule has 0 aliphatic heterocycles. The second-order valence-corrected chi connectivity index (χ2v) is 8.57. The average Bonchev–Trinajstić information content (AvgIpc) is 3.39. The number of rotatable bonds is 8. The van der Waals surface area contributed by atoms with Gasteiger partial charge in [0.25, 0.3) is 11.7 Å². The zero-order chi connectivity index (χ0) is 20.6. The largest absolute Gasteiger partial charge is 0.452 e. The molecule has 0 saturated carbocycles. The van der Waals surface area contributed by atoms with Crippen LogP contribution >= 0.6 is 34.4 Å². The highest BCUT2D eigenvalue weighted by atomic mass is 32.2. The number of nitrogens with one attached hydrogen (secondary N) is 1. The number of carbonyl (C=O) groups is 2. The third-order valence-electron chi connectivity index (χ3n) is 3.53. The molecule has 1 aromatic carbocycles. The number of anilines is 1. The Kier molecular flexibility index (Phi) is 7.56. The van der Waals surface area contributed by atoms with Crippen molar-refractivity contribution in [1.82, 2.24) is 0 Å². The second-order valence-electron chi connectivity index (χ2n) is 5.58. The fraction of sp³-hybridized carbons (Fsp3) is 0.100. The van der Waals surface area contributed by atoms with E-state index in [0.717, 1.165) is 9.75 Å². The Morgan fingerprint density at radius 2 is 1.79 bits per heavy atom. The Labute approximate surface area is 178 Å². The van der Waals surface area contributed by atoms with Gasteiger partial charge in [-0.05, 0) is 53.2 Å². The molecule has 4 nitrogen and oxygen atoms in total.